The molecule has 0 spiro atoms. The van der Waals surface area contributed by atoms with Gasteiger partial charge in [0.2, 0.25) is 5.91 Å². The van der Waals surface area contributed by atoms with Crippen molar-refractivity contribution in [3.63, 3.8) is 0 Å². The molecule has 2 fully saturated rings. The van der Waals surface area contributed by atoms with Gasteiger partial charge in [-0.3, -0.25) is 4.79 Å². The van der Waals surface area contributed by atoms with Crippen LogP contribution >= 0.6 is 0 Å². The average molecular weight is 245 g/mol. The predicted molar refractivity (Wildman–Crippen MR) is 73.1 cm³/mol. The maximum Gasteiger partial charge on any atom is 0.239 e. The molecule has 18 heavy (non-hydrogen) atoms. The van der Waals surface area contributed by atoms with Crippen LogP contribution in [0.15, 0.2) is 24.3 Å². The summed E-state index contributed by atoms with van der Waals surface area (Å²) in [5.41, 5.74) is 2.49. The molecule has 0 radical (unpaired) electrons. The van der Waals surface area contributed by atoms with Gasteiger partial charge in [-0.25, -0.2) is 0 Å². The number of para-hydroxylation sites is 2. The third kappa shape index (κ3) is 2.15. The Morgan fingerprint density at radius 1 is 0.944 bits per heavy atom. The van der Waals surface area contributed by atoms with E-state index < -0.39 is 0 Å². The zero-order chi connectivity index (χ0) is 12.4. The van der Waals surface area contributed by atoms with Gasteiger partial charge in [-0.15, -0.1) is 0 Å². The molecule has 0 bridgehead atoms. The smallest absolute Gasteiger partial charge is 0.239 e. The molecule has 1 N–H and O–H groups in total. The van der Waals surface area contributed by atoms with E-state index in [2.05, 4.69) is 39.4 Å². The fourth-order valence-electron chi connectivity index (χ4n) is 2.80. The summed E-state index contributed by atoms with van der Waals surface area (Å²) < 4.78 is 0. The quantitative estimate of drug-likeness (QED) is 0.851. The Kier molecular flexibility index (Phi) is 3.09. The van der Waals surface area contributed by atoms with E-state index in [-0.39, 0.29) is 5.91 Å². The molecule has 4 heteroatoms. The zero-order valence-electron chi connectivity index (χ0n) is 10.6. The summed E-state index contributed by atoms with van der Waals surface area (Å²) in [4.78, 5) is 16.1. The summed E-state index contributed by atoms with van der Waals surface area (Å²) in [5.74, 6) is 0.123. The first-order chi connectivity index (χ1) is 8.84. The van der Waals surface area contributed by atoms with Crippen LogP contribution in [0.4, 0.5) is 11.4 Å². The lowest BCUT2D eigenvalue weighted by Crippen LogP contribution is -2.48. The normalized spacial score (nSPS) is 20.1. The van der Waals surface area contributed by atoms with E-state index in [1.54, 1.807) is 0 Å². The summed E-state index contributed by atoms with van der Waals surface area (Å²) in [5, 5.41) is 2.88. The molecule has 2 heterocycles. The van der Waals surface area contributed by atoms with Gasteiger partial charge in [0, 0.05) is 26.2 Å². The molecule has 4 nitrogen and oxygen atoms in total. The van der Waals surface area contributed by atoms with Crippen LogP contribution in [-0.2, 0) is 4.79 Å². The van der Waals surface area contributed by atoms with E-state index >= 15 is 0 Å². The molecule has 0 saturated carbocycles. The first-order valence-electron chi connectivity index (χ1n) is 6.70. The Balaban J connectivity index is 1.88. The van der Waals surface area contributed by atoms with Gasteiger partial charge >= 0.3 is 0 Å². The van der Waals surface area contributed by atoms with Crippen molar-refractivity contribution in [3.8, 4) is 0 Å². The number of nitrogens with one attached hydrogen (secondary N) is 1. The van der Waals surface area contributed by atoms with Crippen LogP contribution < -0.4 is 15.1 Å². The average Bonchev–Trinajstić information content (AvgIpc) is 2.92. The van der Waals surface area contributed by atoms with Crippen molar-refractivity contribution in [1.82, 2.24) is 5.32 Å². The summed E-state index contributed by atoms with van der Waals surface area (Å²) in [7, 11) is 0. The number of amides is 1. The predicted octanol–water partition coefficient (Wildman–Crippen LogP) is 1.22. The van der Waals surface area contributed by atoms with E-state index in [4.69, 9.17) is 0 Å². The number of nitrogens with zero attached hydrogens (tertiary/aromatic N) is 2. The first kappa shape index (κ1) is 11.4. The second kappa shape index (κ2) is 4.88. The molecule has 1 amide bonds. The molecule has 2 aliphatic rings. The number of carbonyl (C=O) groups is 1. The van der Waals surface area contributed by atoms with Gasteiger partial charge in [0.1, 0.15) is 0 Å². The van der Waals surface area contributed by atoms with E-state index in [9.17, 15) is 4.79 Å². The van der Waals surface area contributed by atoms with Crippen LogP contribution in [0.25, 0.3) is 0 Å². The fraction of sp³-hybridized carbons (Fsp3) is 0.500. The number of anilines is 2. The van der Waals surface area contributed by atoms with Crippen LogP contribution in [0, 0.1) is 0 Å². The lowest BCUT2D eigenvalue weighted by molar-refractivity contribution is -0.120. The molecule has 3 rings (SSSR count). The topological polar surface area (TPSA) is 35.6 Å². The molecule has 2 aliphatic heterocycles. The Labute approximate surface area is 108 Å². The Morgan fingerprint density at radius 2 is 1.61 bits per heavy atom. The Bertz CT molecular complexity index is 440. The van der Waals surface area contributed by atoms with Crippen molar-refractivity contribution in [3.05, 3.63) is 24.3 Å². The number of carbonyl (C=O) groups excluding carboxylic acids is 1. The molecule has 1 aromatic rings. The van der Waals surface area contributed by atoms with Crippen LogP contribution in [0.5, 0.6) is 0 Å². The monoisotopic (exact) mass is 245 g/mol. The largest absolute Gasteiger partial charge is 0.370 e. The minimum absolute atomic E-state index is 0.123. The lowest BCUT2D eigenvalue weighted by atomic mass is 10.2. The molecular formula is C14H19N3O. The van der Waals surface area contributed by atoms with E-state index in [1.807, 2.05) is 0 Å². The van der Waals surface area contributed by atoms with Crippen LogP contribution in [-0.4, -0.2) is 38.6 Å². The summed E-state index contributed by atoms with van der Waals surface area (Å²) >= 11 is 0. The number of benzene rings is 1. The summed E-state index contributed by atoms with van der Waals surface area (Å²) in [6.07, 6.45) is 2.55. The summed E-state index contributed by atoms with van der Waals surface area (Å²) in [6, 6.07) is 8.45. The highest BCUT2D eigenvalue weighted by atomic mass is 16.2. The van der Waals surface area contributed by atoms with Gasteiger partial charge in [0.25, 0.3) is 0 Å². The number of hydrogen-bond donors (Lipinski definition) is 1. The standard InChI is InChI=1S/C14H19N3O/c18-14-11-17(10-7-15-14)13-6-2-1-5-12(13)16-8-3-4-9-16/h1-2,5-6H,3-4,7-11H2,(H,15,18). The van der Waals surface area contributed by atoms with Gasteiger partial charge in [0.15, 0.2) is 0 Å². The van der Waals surface area contributed by atoms with Gasteiger partial charge < -0.3 is 15.1 Å². The number of piperazine rings is 1. The highest BCUT2D eigenvalue weighted by molar-refractivity contribution is 5.85. The SMILES string of the molecule is O=C1CN(c2ccccc2N2CCCC2)CCN1. The van der Waals surface area contributed by atoms with Crippen LogP contribution in [0.1, 0.15) is 12.8 Å². The van der Waals surface area contributed by atoms with Gasteiger partial charge in [-0.1, -0.05) is 12.1 Å². The number of hydrogen-bond acceptors (Lipinski definition) is 3. The minimum atomic E-state index is 0.123. The third-order valence-electron chi connectivity index (χ3n) is 3.71. The molecule has 2 saturated heterocycles. The molecular weight excluding hydrogens is 226 g/mol. The van der Waals surface area contributed by atoms with E-state index in [0.717, 1.165) is 26.2 Å². The van der Waals surface area contributed by atoms with Gasteiger partial charge in [0.05, 0.1) is 17.9 Å². The van der Waals surface area contributed by atoms with Crippen molar-refractivity contribution in [2.75, 3.05) is 42.5 Å². The van der Waals surface area contributed by atoms with E-state index in [1.165, 1.54) is 24.2 Å². The van der Waals surface area contributed by atoms with Crippen LogP contribution in [0.2, 0.25) is 0 Å². The minimum Gasteiger partial charge on any atom is -0.370 e. The second-order valence-corrected chi connectivity index (χ2v) is 4.95. The van der Waals surface area contributed by atoms with Crippen molar-refractivity contribution in [1.29, 1.82) is 0 Å². The molecule has 0 aromatic heterocycles. The highest BCUT2D eigenvalue weighted by Crippen LogP contribution is 2.31. The molecule has 1 aromatic carbocycles. The van der Waals surface area contributed by atoms with Crippen molar-refractivity contribution >= 4 is 17.3 Å². The Morgan fingerprint density at radius 3 is 2.28 bits per heavy atom. The van der Waals surface area contributed by atoms with Gasteiger partial charge in [-0.05, 0) is 25.0 Å². The fourth-order valence-corrected chi connectivity index (χ4v) is 2.80. The third-order valence-corrected chi connectivity index (χ3v) is 3.71. The Hall–Kier alpha value is -1.71. The number of rotatable bonds is 2. The zero-order valence-corrected chi connectivity index (χ0v) is 10.6. The van der Waals surface area contributed by atoms with Crippen molar-refractivity contribution in [2.24, 2.45) is 0 Å². The van der Waals surface area contributed by atoms with Gasteiger partial charge in [-0.2, -0.15) is 0 Å². The maximum absolute atomic E-state index is 11.5. The molecule has 96 valence electrons. The second-order valence-electron chi connectivity index (χ2n) is 4.95. The molecule has 0 unspecified atom stereocenters. The highest BCUT2D eigenvalue weighted by Gasteiger charge is 2.22. The van der Waals surface area contributed by atoms with Crippen LogP contribution in [0.3, 0.4) is 0 Å². The molecule has 0 aliphatic carbocycles. The lowest BCUT2D eigenvalue weighted by Gasteiger charge is -2.32. The van der Waals surface area contributed by atoms with E-state index in [0.29, 0.717) is 6.54 Å². The first-order valence-corrected chi connectivity index (χ1v) is 6.70. The molecule has 0 atom stereocenters. The maximum atomic E-state index is 11.5. The van der Waals surface area contributed by atoms with Crippen molar-refractivity contribution < 1.29 is 4.79 Å². The summed E-state index contributed by atoms with van der Waals surface area (Å²) in [6.45, 7) is 4.39. The van der Waals surface area contributed by atoms with Crippen molar-refractivity contribution in [2.45, 2.75) is 12.8 Å².